The molecule has 0 fully saturated rings. The molecule has 7 heteroatoms. The number of anilines is 1. The smallest absolute Gasteiger partial charge is 0.203 e. The van der Waals surface area contributed by atoms with Crippen molar-refractivity contribution in [1.82, 2.24) is 0 Å². The largest absolute Gasteiger partial charge is 0.497 e. The summed E-state index contributed by atoms with van der Waals surface area (Å²) < 4.78 is 20.9. The minimum Gasteiger partial charge on any atom is -0.497 e. The van der Waals surface area contributed by atoms with Crippen LogP contribution in [0.1, 0.15) is 0 Å². The van der Waals surface area contributed by atoms with Gasteiger partial charge in [0, 0.05) is 18.2 Å². The molecule has 0 aliphatic rings. The van der Waals surface area contributed by atoms with Gasteiger partial charge in [0.25, 0.3) is 0 Å². The number of rotatable bonds is 6. The lowest BCUT2D eigenvalue weighted by atomic mass is 10.2. The maximum Gasteiger partial charge on any atom is 0.203 e. The fraction of sp³-hybridized carbons (Fsp3) is 0.250. The summed E-state index contributed by atoms with van der Waals surface area (Å²) in [5.41, 5.74) is 7.48. The number of azo groups is 1. The first kappa shape index (κ1) is 16.4. The van der Waals surface area contributed by atoms with Gasteiger partial charge in [-0.2, -0.15) is 5.11 Å². The maximum atomic E-state index is 5.92. The van der Waals surface area contributed by atoms with Gasteiger partial charge in [0.05, 0.1) is 39.8 Å². The van der Waals surface area contributed by atoms with Gasteiger partial charge in [0.1, 0.15) is 11.4 Å². The molecular formula is C16H19N3O4. The van der Waals surface area contributed by atoms with Gasteiger partial charge in [-0.1, -0.05) is 0 Å². The van der Waals surface area contributed by atoms with Crippen LogP contribution < -0.4 is 24.7 Å². The summed E-state index contributed by atoms with van der Waals surface area (Å²) in [5.74, 6) is 2.17. The fourth-order valence-corrected chi connectivity index (χ4v) is 1.99. The summed E-state index contributed by atoms with van der Waals surface area (Å²) in [7, 11) is 6.20. The van der Waals surface area contributed by atoms with Gasteiger partial charge in [-0.25, -0.2) is 0 Å². The Hall–Kier alpha value is -2.96. The van der Waals surface area contributed by atoms with Crippen LogP contribution in [0.5, 0.6) is 23.0 Å². The highest BCUT2D eigenvalue weighted by atomic mass is 16.5. The minimum absolute atomic E-state index is 0.473. The van der Waals surface area contributed by atoms with Crippen molar-refractivity contribution in [3.63, 3.8) is 0 Å². The van der Waals surface area contributed by atoms with Crippen LogP contribution in [0, 0.1) is 0 Å². The average Bonchev–Trinajstić information content (AvgIpc) is 2.59. The van der Waals surface area contributed by atoms with Crippen molar-refractivity contribution in [1.29, 1.82) is 0 Å². The SMILES string of the molecule is COc1ccc(N=Nc2cc(OC)c(OC)c(OC)c2)c(N)c1. The molecule has 0 aliphatic carbocycles. The number of benzene rings is 2. The van der Waals surface area contributed by atoms with Crippen molar-refractivity contribution >= 4 is 17.1 Å². The van der Waals surface area contributed by atoms with Crippen LogP contribution in [0.25, 0.3) is 0 Å². The summed E-state index contributed by atoms with van der Waals surface area (Å²) in [6.07, 6.45) is 0. The molecule has 0 heterocycles. The highest BCUT2D eigenvalue weighted by Crippen LogP contribution is 2.41. The number of hydrogen-bond donors (Lipinski definition) is 1. The first-order valence-electron chi connectivity index (χ1n) is 6.78. The van der Waals surface area contributed by atoms with E-state index in [0.29, 0.717) is 40.1 Å². The Morgan fingerprint density at radius 1 is 0.783 bits per heavy atom. The van der Waals surface area contributed by atoms with E-state index in [2.05, 4.69) is 10.2 Å². The molecule has 0 radical (unpaired) electrons. The Labute approximate surface area is 134 Å². The quantitative estimate of drug-likeness (QED) is 0.648. The molecule has 0 aliphatic heterocycles. The fourth-order valence-electron chi connectivity index (χ4n) is 1.99. The number of nitrogens with zero attached hydrogens (tertiary/aromatic N) is 2. The Balaban J connectivity index is 2.36. The number of ether oxygens (including phenoxy) is 4. The Morgan fingerprint density at radius 2 is 1.43 bits per heavy atom. The molecule has 2 aromatic carbocycles. The molecule has 2 N–H and O–H groups in total. The van der Waals surface area contributed by atoms with Gasteiger partial charge in [-0.15, -0.1) is 5.11 Å². The van der Waals surface area contributed by atoms with Crippen molar-refractivity contribution in [2.24, 2.45) is 10.2 Å². The van der Waals surface area contributed by atoms with Gasteiger partial charge < -0.3 is 24.7 Å². The molecule has 2 rings (SSSR count). The summed E-state index contributed by atoms with van der Waals surface area (Å²) >= 11 is 0. The van der Waals surface area contributed by atoms with Crippen molar-refractivity contribution in [2.45, 2.75) is 0 Å². The first-order chi connectivity index (χ1) is 11.1. The zero-order valence-electron chi connectivity index (χ0n) is 13.5. The molecule has 122 valence electrons. The molecule has 0 aromatic heterocycles. The Bertz CT molecular complexity index is 691. The van der Waals surface area contributed by atoms with Gasteiger partial charge >= 0.3 is 0 Å². The van der Waals surface area contributed by atoms with E-state index in [1.165, 1.54) is 0 Å². The lowest BCUT2D eigenvalue weighted by Gasteiger charge is -2.12. The van der Waals surface area contributed by atoms with E-state index < -0.39 is 0 Å². The number of nitrogens with two attached hydrogens (primary N) is 1. The summed E-state index contributed by atoms with van der Waals surface area (Å²) in [5, 5.41) is 8.32. The van der Waals surface area contributed by atoms with Crippen LogP contribution >= 0.6 is 0 Å². The van der Waals surface area contributed by atoms with Gasteiger partial charge in [-0.05, 0) is 12.1 Å². The van der Waals surface area contributed by atoms with Crippen molar-refractivity contribution in [3.8, 4) is 23.0 Å². The molecular weight excluding hydrogens is 298 g/mol. The van der Waals surface area contributed by atoms with Crippen molar-refractivity contribution < 1.29 is 18.9 Å². The normalized spacial score (nSPS) is 10.6. The monoisotopic (exact) mass is 317 g/mol. The van der Waals surface area contributed by atoms with Crippen LogP contribution in [0.2, 0.25) is 0 Å². The molecule has 0 amide bonds. The van der Waals surface area contributed by atoms with Gasteiger partial charge in [0.15, 0.2) is 11.5 Å². The van der Waals surface area contributed by atoms with Crippen molar-refractivity contribution in [2.75, 3.05) is 34.2 Å². The van der Waals surface area contributed by atoms with E-state index in [4.69, 9.17) is 24.7 Å². The second-order valence-corrected chi connectivity index (χ2v) is 4.51. The predicted octanol–water partition coefficient (Wildman–Crippen LogP) is 3.72. The third kappa shape index (κ3) is 3.63. The van der Waals surface area contributed by atoms with Crippen LogP contribution in [0.15, 0.2) is 40.6 Å². The van der Waals surface area contributed by atoms with Crippen molar-refractivity contribution in [3.05, 3.63) is 30.3 Å². The molecule has 0 atom stereocenters. The van der Waals surface area contributed by atoms with E-state index in [0.717, 1.165) is 0 Å². The highest BCUT2D eigenvalue weighted by Gasteiger charge is 2.13. The summed E-state index contributed by atoms with van der Waals surface area (Å²) in [6, 6.07) is 8.58. The van der Waals surface area contributed by atoms with E-state index in [1.807, 2.05) is 0 Å². The van der Waals surface area contributed by atoms with E-state index in [9.17, 15) is 0 Å². The van der Waals surface area contributed by atoms with Gasteiger partial charge in [0.2, 0.25) is 5.75 Å². The van der Waals surface area contributed by atoms with Crippen LogP contribution in [0.3, 0.4) is 0 Å². The third-order valence-electron chi connectivity index (χ3n) is 3.16. The van der Waals surface area contributed by atoms with Crippen LogP contribution in [0.4, 0.5) is 17.1 Å². The minimum atomic E-state index is 0.473. The molecule has 0 bridgehead atoms. The van der Waals surface area contributed by atoms with E-state index >= 15 is 0 Å². The van der Waals surface area contributed by atoms with E-state index in [1.54, 1.807) is 58.8 Å². The third-order valence-corrected chi connectivity index (χ3v) is 3.16. The molecule has 0 spiro atoms. The number of nitrogen functional groups attached to an aromatic ring is 1. The molecule has 23 heavy (non-hydrogen) atoms. The maximum absolute atomic E-state index is 5.92. The number of methoxy groups -OCH3 is 4. The second kappa shape index (κ2) is 7.35. The lowest BCUT2D eigenvalue weighted by Crippen LogP contribution is -1.94. The average molecular weight is 317 g/mol. The van der Waals surface area contributed by atoms with Crippen LogP contribution in [-0.2, 0) is 0 Å². The standard InChI is InChI=1S/C16H19N3O4/c1-20-11-5-6-13(12(17)9-11)19-18-10-7-14(21-2)16(23-4)15(8-10)22-3/h5-9H,17H2,1-4H3. The molecule has 0 saturated carbocycles. The predicted molar refractivity (Wildman–Crippen MR) is 87.7 cm³/mol. The highest BCUT2D eigenvalue weighted by molar-refractivity contribution is 5.65. The zero-order valence-corrected chi connectivity index (χ0v) is 13.5. The zero-order chi connectivity index (χ0) is 16.8. The molecule has 7 nitrogen and oxygen atoms in total. The topological polar surface area (TPSA) is 87.7 Å². The first-order valence-corrected chi connectivity index (χ1v) is 6.78. The molecule has 0 unspecified atom stereocenters. The van der Waals surface area contributed by atoms with Crippen LogP contribution in [-0.4, -0.2) is 28.4 Å². The lowest BCUT2D eigenvalue weighted by molar-refractivity contribution is 0.324. The molecule has 0 saturated heterocycles. The summed E-state index contributed by atoms with van der Waals surface area (Å²) in [4.78, 5) is 0. The van der Waals surface area contributed by atoms with Gasteiger partial charge in [-0.3, -0.25) is 0 Å². The van der Waals surface area contributed by atoms with E-state index in [-0.39, 0.29) is 0 Å². The molecule has 2 aromatic rings. The summed E-state index contributed by atoms with van der Waals surface area (Å²) in [6.45, 7) is 0. The second-order valence-electron chi connectivity index (χ2n) is 4.51. The Kier molecular flexibility index (Phi) is 5.24. The number of hydrogen-bond acceptors (Lipinski definition) is 7. The Morgan fingerprint density at radius 3 is 1.91 bits per heavy atom.